The van der Waals surface area contributed by atoms with E-state index in [0.717, 1.165) is 39.9 Å². The zero-order valence-electron chi connectivity index (χ0n) is 20.6. The van der Waals surface area contributed by atoms with E-state index >= 15 is 0 Å². The van der Waals surface area contributed by atoms with Gasteiger partial charge in [-0.25, -0.2) is 14.1 Å². The Balaban J connectivity index is 1.51. The highest BCUT2D eigenvalue weighted by Crippen LogP contribution is 2.37. The summed E-state index contributed by atoms with van der Waals surface area (Å²) in [5.41, 5.74) is 3.27. The highest BCUT2D eigenvalue weighted by molar-refractivity contribution is 5.88. The average molecular weight is 488 g/mol. The minimum atomic E-state index is -1.30. The molecular weight excluding hydrogens is 461 g/mol. The summed E-state index contributed by atoms with van der Waals surface area (Å²) in [5, 5.41) is 5.53. The van der Waals surface area contributed by atoms with Crippen LogP contribution in [0.3, 0.4) is 0 Å². The molecule has 0 aliphatic heterocycles. The summed E-state index contributed by atoms with van der Waals surface area (Å²) in [6.45, 7) is 3.82. The number of nitrogens with zero attached hydrogens (tertiary/aromatic N) is 7. The number of hydrogen-bond donors (Lipinski definition) is 0. The Bertz CT molecular complexity index is 1620. The maximum atomic E-state index is 14.8. The number of pyridine rings is 3. The van der Waals surface area contributed by atoms with Crippen molar-refractivity contribution < 1.29 is 13.9 Å². The standard InChI is InChI=1S/C26H26FN7O2/c1-15-17-13-29-34(20(17)10-19(30-15)18-12-28-9-6-22(18)35-4)23-11-21-24(31-16(2)33(21)3)25(32-23)36-14-26(27)7-5-8-26/h6,9-13H,5,7-8,14H2,1-4H3. The lowest BCUT2D eigenvalue weighted by molar-refractivity contribution is 0.0114. The second-order valence-electron chi connectivity index (χ2n) is 9.32. The van der Waals surface area contributed by atoms with Gasteiger partial charge in [-0.15, -0.1) is 0 Å². The van der Waals surface area contributed by atoms with Crippen molar-refractivity contribution in [3.63, 3.8) is 0 Å². The summed E-state index contributed by atoms with van der Waals surface area (Å²) in [4.78, 5) is 18.4. The van der Waals surface area contributed by atoms with Crippen molar-refractivity contribution in [1.82, 2.24) is 34.3 Å². The number of fused-ring (bicyclic) bond motifs is 2. The van der Waals surface area contributed by atoms with E-state index in [2.05, 4.69) is 15.1 Å². The molecule has 5 aromatic heterocycles. The quantitative estimate of drug-likeness (QED) is 0.344. The lowest BCUT2D eigenvalue weighted by atomic mass is 9.83. The summed E-state index contributed by atoms with van der Waals surface area (Å²) in [6.07, 6.45) is 7.08. The van der Waals surface area contributed by atoms with E-state index in [-0.39, 0.29) is 6.61 Å². The zero-order chi connectivity index (χ0) is 25.0. The van der Waals surface area contributed by atoms with Gasteiger partial charge in [0.25, 0.3) is 0 Å². The van der Waals surface area contributed by atoms with Crippen molar-refractivity contribution >= 4 is 21.9 Å². The Kier molecular flexibility index (Phi) is 5.13. The van der Waals surface area contributed by atoms with Gasteiger partial charge < -0.3 is 14.0 Å². The maximum Gasteiger partial charge on any atom is 0.244 e. The third-order valence-corrected chi connectivity index (χ3v) is 7.02. The van der Waals surface area contributed by atoms with Gasteiger partial charge in [-0.3, -0.25) is 9.97 Å². The van der Waals surface area contributed by atoms with Gasteiger partial charge >= 0.3 is 0 Å². The molecule has 1 aliphatic rings. The van der Waals surface area contributed by atoms with Crippen LogP contribution in [0.25, 0.3) is 39.0 Å². The Morgan fingerprint density at radius 1 is 1.08 bits per heavy atom. The Morgan fingerprint density at radius 2 is 1.92 bits per heavy atom. The fraction of sp³-hybridized carbons (Fsp3) is 0.346. The molecule has 0 saturated heterocycles. The number of alkyl halides is 1. The van der Waals surface area contributed by atoms with Crippen LogP contribution in [-0.2, 0) is 7.05 Å². The van der Waals surface area contributed by atoms with E-state index in [4.69, 9.17) is 19.4 Å². The van der Waals surface area contributed by atoms with E-state index in [1.807, 2.05) is 37.6 Å². The highest BCUT2D eigenvalue weighted by Gasteiger charge is 2.38. The third kappa shape index (κ3) is 3.55. The molecule has 1 fully saturated rings. The Labute approximate surface area is 206 Å². The molecule has 0 atom stereocenters. The maximum absolute atomic E-state index is 14.8. The molecule has 36 heavy (non-hydrogen) atoms. The molecule has 5 heterocycles. The summed E-state index contributed by atoms with van der Waals surface area (Å²) >= 11 is 0. The average Bonchev–Trinajstić information content (AvgIpc) is 3.42. The summed E-state index contributed by atoms with van der Waals surface area (Å²) in [7, 11) is 3.55. The summed E-state index contributed by atoms with van der Waals surface area (Å²) < 4.78 is 29.9. The number of hydrogen-bond acceptors (Lipinski definition) is 7. The number of aryl methyl sites for hydroxylation is 3. The highest BCUT2D eigenvalue weighted by atomic mass is 19.1. The van der Waals surface area contributed by atoms with Crippen LogP contribution in [0.5, 0.6) is 11.6 Å². The van der Waals surface area contributed by atoms with Gasteiger partial charge in [-0.05, 0) is 45.2 Å². The molecule has 184 valence electrons. The molecule has 0 aromatic carbocycles. The number of imidazole rings is 1. The number of ether oxygens (including phenoxy) is 2. The first-order valence-corrected chi connectivity index (χ1v) is 11.9. The first kappa shape index (κ1) is 22.4. The molecule has 0 unspecified atom stereocenters. The van der Waals surface area contributed by atoms with Gasteiger partial charge in [0.1, 0.15) is 23.8 Å². The monoisotopic (exact) mass is 487 g/mol. The molecule has 1 aliphatic carbocycles. The molecule has 0 bridgehead atoms. The lowest BCUT2D eigenvalue weighted by Crippen LogP contribution is -2.38. The van der Waals surface area contributed by atoms with Crippen molar-refractivity contribution in [1.29, 1.82) is 0 Å². The largest absolute Gasteiger partial charge is 0.496 e. The lowest BCUT2D eigenvalue weighted by Gasteiger charge is -2.33. The first-order chi connectivity index (χ1) is 17.4. The van der Waals surface area contributed by atoms with Gasteiger partial charge in [0.2, 0.25) is 5.88 Å². The summed E-state index contributed by atoms with van der Waals surface area (Å²) in [6, 6.07) is 5.67. The van der Waals surface area contributed by atoms with Crippen LogP contribution in [0.4, 0.5) is 4.39 Å². The fourth-order valence-electron chi connectivity index (χ4n) is 4.62. The van der Waals surface area contributed by atoms with Crippen LogP contribution < -0.4 is 9.47 Å². The number of rotatable bonds is 6. The van der Waals surface area contributed by atoms with Gasteiger partial charge in [0.15, 0.2) is 11.3 Å². The first-order valence-electron chi connectivity index (χ1n) is 11.9. The van der Waals surface area contributed by atoms with Crippen molar-refractivity contribution in [2.45, 2.75) is 38.8 Å². The van der Waals surface area contributed by atoms with E-state index in [0.29, 0.717) is 41.5 Å². The topological polar surface area (TPSA) is 92.8 Å². The molecule has 0 amide bonds. The Morgan fingerprint density at radius 3 is 2.67 bits per heavy atom. The fourth-order valence-corrected chi connectivity index (χ4v) is 4.62. The molecule has 0 radical (unpaired) electrons. The number of aromatic nitrogens is 7. The predicted molar refractivity (Wildman–Crippen MR) is 133 cm³/mol. The number of halogens is 1. The van der Waals surface area contributed by atoms with E-state index in [1.54, 1.807) is 36.4 Å². The minimum Gasteiger partial charge on any atom is -0.496 e. The molecule has 0 N–H and O–H groups in total. The van der Waals surface area contributed by atoms with Crippen LogP contribution in [0.2, 0.25) is 0 Å². The Hall–Kier alpha value is -4.08. The molecule has 6 rings (SSSR count). The second-order valence-corrected chi connectivity index (χ2v) is 9.32. The number of methoxy groups -OCH3 is 1. The van der Waals surface area contributed by atoms with E-state index in [1.165, 1.54) is 0 Å². The predicted octanol–water partition coefficient (Wildman–Crippen LogP) is 4.66. The van der Waals surface area contributed by atoms with Gasteiger partial charge in [-0.2, -0.15) is 10.1 Å². The minimum absolute atomic E-state index is 0.0397. The third-order valence-electron chi connectivity index (χ3n) is 7.02. The van der Waals surface area contributed by atoms with Crippen molar-refractivity contribution in [3.8, 4) is 28.7 Å². The van der Waals surface area contributed by atoms with Crippen LogP contribution in [0.1, 0.15) is 30.8 Å². The van der Waals surface area contributed by atoms with E-state index in [9.17, 15) is 4.39 Å². The van der Waals surface area contributed by atoms with E-state index < -0.39 is 5.67 Å². The van der Waals surface area contributed by atoms with Crippen molar-refractivity contribution in [3.05, 3.63) is 48.3 Å². The van der Waals surface area contributed by atoms with Crippen molar-refractivity contribution in [2.75, 3.05) is 13.7 Å². The zero-order valence-corrected chi connectivity index (χ0v) is 20.6. The molecule has 9 nitrogen and oxygen atoms in total. The van der Waals surface area contributed by atoms with Gasteiger partial charge in [-0.1, -0.05) is 0 Å². The molecule has 0 spiro atoms. The molecule has 10 heteroatoms. The van der Waals surface area contributed by atoms with Crippen LogP contribution in [0, 0.1) is 13.8 Å². The van der Waals surface area contributed by atoms with Crippen LogP contribution >= 0.6 is 0 Å². The SMILES string of the molecule is COc1ccncc1-c1cc2c(cnn2-c2cc3c(nc(C)n3C)c(OCC3(F)CCC3)n2)c(C)n1. The van der Waals surface area contributed by atoms with Crippen LogP contribution in [0.15, 0.2) is 36.8 Å². The molecule has 5 aromatic rings. The van der Waals surface area contributed by atoms with Gasteiger partial charge in [0, 0.05) is 36.6 Å². The smallest absolute Gasteiger partial charge is 0.244 e. The molecule has 1 saturated carbocycles. The second kappa shape index (κ2) is 8.25. The normalized spacial score (nSPS) is 14.8. The van der Waals surface area contributed by atoms with Crippen LogP contribution in [-0.4, -0.2) is 53.7 Å². The van der Waals surface area contributed by atoms with Crippen molar-refractivity contribution in [2.24, 2.45) is 7.05 Å². The summed E-state index contributed by atoms with van der Waals surface area (Å²) in [5.74, 6) is 2.34. The van der Waals surface area contributed by atoms with Gasteiger partial charge in [0.05, 0.1) is 35.6 Å². The molecular formula is C26H26FN7O2.